The summed E-state index contributed by atoms with van der Waals surface area (Å²) >= 11 is 0. The minimum absolute atomic E-state index is 0. The van der Waals surface area contributed by atoms with Crippen LogP contribution < -0.4 is 0 Å². The first-order valence-electron chi connectivity index (χ1n) is 7.44. The Morgan fingerprint density at radius 1 is 0.864 bits per heavy atom. The SMILES string of the molecule is [CH2-]C([CH2-])(C1=CC=CC1)C1c2ccccc2-c2ccccc21.[Zr+2]. The molecule has 0 N–H and O–H groups in total. The number of rotatable bonds is 2. The molecular formula is C21H18Zr. The van der Waals surface area contributed by atoms with E-state index in [1.54, 1.807) is 0 Å². The van der Waals surface area contributed by atoms with Gasteiger partial charge in [0, 0.05) is 0 Å². The van der Waals surface area contributed by atoms with Gasteiger partial charge in [0.05, 0.1) is 0 Å². The van der Waals surface area contributed by atoms with E-state index in [0.29, 0.717) is 0 Å². The third-order valence-electron chi connectivity index (χ3n) is 4.80. The van der Waals surface area contributed by atoms with Crippen molar-refractivity contribution in [1.82, 2.24) is 0 Å². The van der Waals surface area contributed by atoms with E-state index in [9.17, 15) is 0 Å². The van der Waals surface area contributed by atoms with Gasteiger partial charge in [0.25, 0.3) is 0 Å². The first-order valence-corrected chi connectivity index (χ1v) is 7.44. The minimum atomic E-state index is -0.355. The molecule has 2 aliphatic carbocycles. The van der Waals surface area contributed by atoms with Crippen molar-refractivity contribution in [2.24, 2.45) is 5.41 Å². The van der Waals surface area contributed by atoms with E-state index in [0.717, 1.165) is 6.42 Å². The smallest absolute Gasteiger partial charge is 0.362 e. The zero-order valence-corrected chi connectivity index (χ0v) is 15.0. The van der Waals surface area contributed by atoms with E-state index < -0.39 is 0 Å². The Morgan fingerprint density at radius 2 is 1.41 bits per heavy atom. The Kier molecular flexibility index (Phi) is 4.12. The molecule has 0 unspecified atom stereocenters. The van der Waals surface area contributed by atoms with Crippen LogP contribution >= 0.6 is 0 Å². The van der Waals surface area contributed by atoms with Gasteiger partial charge in [-0.15, -0.1) is 5.57 Å². The van der Waals surface area contributed by atoms with Crippen LogP contribution in [0.2, 0.25) is 0 Å². The Morgan fingerprint density at radius 3 is 1.91 bits per heavy atom. The summed E-state index contributed by atoms with van der Waals surface area (Å²) in [5.41, 5.74) is 6.35. The number of benzene rings is 2. The largest absolute Gasteiger partial charge is 2.00 e. The standard InChI is InChI=1S/C21H18.Zr/c1-21(2,15-9-3-4-10-15)20-18-13-7-5-11-16(18)17-12-6-8-14-19(17)20;/h3-9,11-14,20H,1-2,10H2;/q-2;+2. The molecule has 0 saturated heterocycles. The summed E-state index contributed by atoms with van der Waals surface area (Å²) in [6, 6.07) is 17.4. The second-order valence-electron chi connectivity index (χ2n) is 6.09. The van der Waals surface area contributed by atoms with Gasteiger partial charge in [-0.2, -0.15) is 0 Å². The fourth-order valence-corrected chi connectivity index (χ4v) is 3.75. The molecule has 106 valence electrons. The second-order valence-corrected chi connectivity index (χ2v) is 6.09. The van der Waals surface area contributed by atoms with Crippen molar-refractivity contribution in [3.05, 3.63) is 97.3 Å². The first kappa shape index (κ1) is 15.7. The van der Waals surface area contributed by atoms with Crippen molar-refractivity contribution >= 4 is 0 Å². The molecule has 0 nitrogen and oxygen atoms in total. The van der Waals surface area contributed by atoms with Crippen LogP contribution in [0.25, 0.3) is 11.1 Å². The number of hydrogen-bond donors (Lipinski definition) is 0. The molecule has 0 heterocycles. The molecule has 22 heavy (non-hydrogen) atoms. The topological polar surface area (TPSA) is 0 Å². The van der Waals surface area contributed by atoms with Gasteiger partial charge in [-0.1, -0.05) is 66.8 Å². The van der Waals surface area contributed by atoms with Gasteiger partial charge in [-0.25, -0.2) is 0 Å². The van der Waals surface area contributed by atoms with Crippen LogP contribution in [0.5, 0.6) is 0 Å². The minimum Gasteiger partial charge on any atom is -0.362 e. The summed E-state index contributed by atoms with van der Waals surface area (Å²) < 4.78 is 0. The average Bonchev–Trinajstić information content (AvgIpc) is 3.14. The van der Waals surface area contributed by atoms with Gasteiger partial charge in [-0.05, 0) is 34.6 Å². The summed E-state index contributed by atoms with van der Waals surface area (Å²) in [6.45, 7) is 9.02. The molecular weight excluding hydrogens is 343 g/mol. The molecule has 0 aliphatic heterocycles. The van der Waals surface area contributed by atoms with Crippen LogP contribution in [0.1, 0.15) is 23.5 Å². The van der Waals surface area contributed by atoms with Crippen LogP contribution in [-0.4, -0.2) is 0 Å². The van der Waals surface area contributed by atoms with E-state index >= 15 is 0 Å². The van der Waals surface area contributed by atoms with Crippen LogP contribution in [0.3, 0.4) is 0 Å². The quantitative estimate of drug-likeness (QED) is 0.634. The van der Waals surface area contributed by atoms with Gasteiger partial charge >= 0.3 is 26.2 Å². The molecule has 4 rings (SSSR count). The van der Waals surface area contributed by atoms with E-state index in [4.69, 9.17) is 0 Å². The molecule has 1 heteroatoms. The van der Waals surface area contributed by atoms with Crippen molar-refractivity contribution in [2.75, 3.05) is 0 Å². The van der Waals surface area contributed by atoms with Crippen molar-refractivity contribution < 1.29 is 26.2 Å². The van der Waals surface area contributed by atoms with Gasteiger partial charge in [0.2, 0.25) is 0 Å². The van der Waals surface area contributed by atoms with Gasteiger partial charge in [-0.3, -0.25) is 5.41 Å². The maximum absolute atomic E-state index is 4.51. The van der Waals surface area contributed by atoms with Crippen LogP contribution in [0, 0.1) is 19.3 Å². The van der Waals surface area contributed by atoms with Crippen molar-refractivity contribution in [3.63, 3.8) is 0 Å². The van der Waals surface area contributed by atoms with Crippen molar-refractivity contribution in [1.29, 1.82) is 0 Å². The van der Waals surface area contributed by atoms with Crippen LogP contribution in [0.4, 0.5) is 0 Å². The number of allylic oxidation sites excluding steroid dienone is 4. The molecule has 0 bridgehead atoms. The summed E-state index contributed by atoms with van der Waals surface area (Å²) in [5.74, 6) is 0.232. The van der Waals surface area contributed by atoms with Crippen LogP contribution in [-0.2, 0) is 26.2 Å². The summed E-state index contributed by atoms with van der Waals surface area (Å²) in [4.78, 5) is 0. The summed E-state index contributed by atoms with van der Waals surface area (Å²) in [7, 11) is 0. The van der Waals surface area contributed by atoms with Crippen LogP contribution in [0.15, 0.2) is 72.3 Å². The Hall–Kier alpha value is -1.20. The predicted molar refractivity (Wildman–Crippen MR) is 88.7 cm³/mol. The maximum Gasteiger partial charge on any atom is 2.00 e. The zero-order chi connectivity index (χ0) is 14.4. The van der Waals surface area contributed by atoms with Crippen molar-refractivity contribution in [2.45, 2.75) is 12.3 Å². The van der Waals surface area contributed by atoms with Gasteiger partial charge < -0.3 is 13.8 Å². The van der Waals surface area contributed by atoms with Crippen molar-refractivity contribution in [3.8, 4) is 11.1 Å². The third-order valence-corrected chi connectivity index (χ3v) is 4.80. The molecule has 2 aromatic carbocycles. The summed E-state index contributed by atoms with van der Waals surface area (Å²) in [5, 5.41) is 0. The van der Waals surface area contributed by atoms with Gasteiger partial charge in [0.1, 0.15) is 0 Å². The zero-order valence-electron chi connectivity index (χ0n) is 12.5. The monoisotopic (exact) mass is 360 g/mol. The number of fused-ring (bicyclic) bond motifs is 3. The molecule has 0 fully saturated rings. The van der Waals surface area contributed by atoms with E-state index in [1.807, 2.05) is 0 Å². The molecule has 0 radical (unpaired) electrons. The molecule has 0 spiro atoms. The summed E-state index contributed by atoms with van der Waals surface area (Å²) in [6.07, 6.45) is 7.46. The molecule has 0 amide bonds. The van der Waals surface area contributed by atoms with E-state index in [1.165, 1.54) is 27.8 Å². The predicted octanol–water partition coefficient (Wildman–Crippen LogP) is 5.34. The molecule has 0 atom stereocenters. The van der Waals surface area contributed by atoms with Gasteiger partial charge in [0.15, 0.2) is 0 Å². The Bertz CT molecular complexity index is 719. The molecule has 0 aromatic heterocycles. The van der Waals surface area contributed by atoms with E-state index in [2.05, 4.69) is 80.6 Å². The fourth-order valence-electron chi connectivity index (χ4n) is 3.75. The third kappa shape index (κ3) is 2.22. The normalized spacial score (nSPS) is 16.0. The Labute approximate surface area is 152 Å². The Balaban J connectivity index is 0.00000144. The maximum atomic E-state index is 4.51. The average molecular weight is 362 g/mol. The molecule has 2 aliphatic rings. The second kappa shape index (κ2) is 5.78. The van der Waals surface area contributed by atoms with E-state index in [-0.39, 0.29) is 37.5 Å². The fraction of sp³-hybridized carbons (Fsp3) is 0.143. The molecule has 0 saturated carbocycles. The number of hydrogen-bond acceptors (Lipinski definition) is 0. The first-order chi connectivity index (χ1) is 10.2. The molecule has 2 aromatic rings.